The minimum atomic E-state index is -2.61. The highest BCUT2D eigenvalue weighted by Gasteiger charge is 2.52. The lowest BCUT2D eigenvalue weighted by Crippen LogP contribution is -2.68. The summed E-state index contributed by atoms with van der Waals surface area (Å²) in [6.07, 6.45) is 9.75. The third kappa shape index (κ3) is 4.10. The van der Waals surface area contributed by atoms with Crippen LogP contribution in [0.25, 0.3) is 6.08 Å². The molecule has 1 nitrogen and oxygen atoms in total. The molecule has 0 amide bonds. The molecule has 0 heterocycles. The van der Waals surface area contributed by atoms with Crippen molar-refractivity contribution >= 4 is 24.8 Å². The minimum absolute atomic E-state index is 0.0361. The van der Waals surface area contributed by atoms with Crippen LogP contribution < -0.4 is 14.8 Å². The lowest BCUT2D eigenvalue weighted by molar-refractivity contribution is 0.0710. The molecule has 4 aliphatic rings. The van der Waals surface area contributed by atoms with Crippen molar-refractivity contribution in [3.8, 4) is 5.75 Å². The van der Waals surface area contributed by atoms with Crippen LogP contribution in [-0.4, -0.2) is 8.32 Å². The number of benzene rings is 3. The molecule has 35 heavy (non-hydrogen) atoms. The van der Waals surface area contributed by atoms with Gasteiger partial charge in [-0.15, -0.1) is 0 Å². The number of hydrogen-bond acceptors (Lipinski definition) is 1. The Morgan fingerprint density at radius 2 is 1.23 bits per heavy atom. The molecule has 0 unspecified atom stereocenters. The van der Waals surface area contributed by atoms with Gasteiger partial charge in [0.2, 0.25) is 0 Å². The van der Waals surface area contributed by atoms with E-state index in [1.165, 1.54) is 48.0 Å². The molecule has 0 aromatic heterocycles. The summed E-state index contributed by atoms with van der Waals surface area (Å²) in [4.78, 5) is 0. The fraction of sp³-hybridized carbons (Fsp3) is 0.394. The Labute approximate surface area is 212 Å². The first kappa shape index (κ1) is 22.9. The highest BCUT2D eigenvalue weighted by atomic mass is 28.4. The van der Waals surface area contributed by atoms with E-state index >= 15 is 0 Å². The lowest BCUT2D eigenvalue weighted by atomic mass is 9.54. The first-order valence-electron chi connectivity index (χ1n) is 13.5. The fourth-order valence-electron chi connectivity index (χ4n) is 7.65. The normalized spacial score (nSPS) is 25.5. The average Bonchev–Trinajstić information content (AvgIpc) is 2.85. The third-order valence-electron chi connectivity index (χ3n) is 8.96. The Morgan fingerprint density at radius 3 is 1.74 bits per heavy atom. The molecular formula is C33H38OSi. The smallest absolute Gasteiger partial charge is 0.319 e. The van der Waals surface area contributed by atoms with E-state index in [1.807, 2.05) is 0 Å². The van der Waals surface area contributed by atoms with Crippen LogP contribution in [0.2, 0.25) is 5.04 Å². The highest BCUT2D eigenvalue weighted by Crippen LogP contribution is 2.56. The predicted octanol–water partition coefficient (Wildman–Crippen LogP) is 7.46. The zero-order valence-corrected chi connectivity index (χ0v) is 22.4. The Kier molecular flexibility index (Phi) is 5.76. The molecule has 4 saturated carbocycles. The summed E-state index contributed by atoms with van der Waals surface area (Å²) in [5, 5.41) is 2.61. The standard InChI is InChI=1S/C33H38OSi/c1-33(2,3)35(30-13-6-4-7-14-30,31-15-8-5-9-16-31)34-29-12-10-11-24(22-29)23-32-27-18-25-17-26(20-27)21-28(32)19-25/h4-16,22-23,25-28H,17-21H2,1-3H3. The highest BCUT2D eigenvalue weighted by molar-refractivity contribution is 7.00. The Hall–Kier alpha value is -2.58. The largest absolute Gasteiger partial charge is 0.534 e. The maximum absolute atomic E-state index is 7.30. The number of allylic oxidation sites excluding steroid dienone is 1. The number of rotatable bonds is 5. The third-order valence-corrected chi connectivity index (χ3v) is 13.9. The van der Waals surface area contributed by atoms with Crippen LogP contribution in [0.4, 0.5) is 0 Å². The molecule has 3 aromatic carbocycles. The van der Waals surface area contributed by atoms with Gasteiger partial charge in [-0.2, -0.15) is 0 Å². The predicted molar refractivity (Wildman–Crippen MR) is 150 cm³/mol. The summed E-state index contributed by atoms with van der Waals surface area (Å²) < 4.78 is 7.30. The second-order valence-electron chi connectivity index (χ2n) is 12.3. The summed E-state index contributed by atoms with van der Waals surface area (Å²) in [6, 6.07) is 30.8. The van der Waals surface area contributed by atoms with Gasteiger partial charge in [-0.05, 0) is 88.9 Å². The molecule has 4 bridgehead atoms. The van der Waals surface area contributed by atoms with Gasteiger partial charge in [0.15, 0.2) is 0 Å². The van der Waals surface area contributed by atoms with Crippen molar-refractivity contribution < 1.29 is 4.43 Å². The molecule has 4 fully saturated rings. The maximum Gasteiger partial charge on any atom is 0.319 e. The van der Waals surface area contributed by atoms with Crippen LogP contribution in [0.1, 0.15) is 58.4 Å². The van der Waals surface area contributed by atoms with Gasteiger partial charge in [0.25, 0.3) is 0 Å². The van der Waals surface area contributed by atoms with Crippen molar-refractivity contribution in [1.29, 1.82) is 0 Å². The zero-order valence-electron chi connectivity index (χ0n) is 21.4. The Bertz CT molecular complexity index is 1140. The molecule has 7 rings (SSSR count). The molecule has 0 radical (unpaired) electrons. The molecule has 0 atom stereocenters. The van der Waals surface area contributed by atoms with Crippen LogP contribution in [0.3, 0.4) is 0 Å². The van der Waals surface area contributed by atoms with Gasteiger partial charge < -0.3 is 4.43 Å². The van der Waals surface area contributed by atoms with Crippen molar-refractivity contribution in [1.82, 2.24) is 0 Å². The van der Waals surface area contributed by atoms with Gasteiger partial charge in [0, 0.05) is 0 Å². The lowest BCUT2D eigenvalue weighted by Gasteiger charge is -2.51. The Morgan fingerprint density at radius 1 is 0.686 bits per heavy atom. The summed E-state index contributed by atoms with van der Waals surface area (Å²) >= 11 is 0. The molecule has 0 aliphatic heterocycles. The average molecular weight is 479 g/mol. The van der Waals surface area contributed by atoms with E-state index in [4.69, 9.17) is 4.43 Å². The number of hydrogen-bond donors (Lipinski definition) is 0. The van der Waals surface area contributed by atoms with E-state index in [1.54, 1.807) is 5.57 Å². The van der Waals surface area contributed by atoms with Crippen LogP contribution in [0.15, 0.2) is 90.5 Å². The van der Waals surface area contributed by atoms with E-state index in [9.17, 15) is 0 Å². The monoisotopic (exact) mass is 478 g/mol. The second-order valence-corrected chi connectivity index (χ2v) is 16.5. The SMILES string of the molecule is CC(C)(C)[Si](Oc1cccc(C=C2C3CC4CC(C3)CC2C4)c1)(c1ccccc1)c1ccccc1. The summed E-state index contributed by atoms with van der Waals surface area (Å²) in [5.74, 6) is 4.65. The van der Waals surface area contributed by atoms with Gasteiger partial charge in [-0.25, -0.2) is 0 Å². The molecule has 4 aliphatic carbocycles. The van der Waals surface area contributed by atoms with Crippen LogP contribution in [-0.2, 0) is 0 Å². The second kappa shape index (κ2) is 8.82. The van der Waals surface area contributed by atoms with E-state index < -0.39 is 8.32 Å². The van der Waals surface area contributed by atoms with Crippen LogP contribution >= 0.6 is 0 Å². The van der Waals surface area contributed by atoms with Crippen LogP contribution in [0, 0.1) is 23.7 Å². The first-order valence-corrected chi connectivity index (χ1v) is 15.4. The van der Waals surface area contributed by atoms with Crippen molar-refractivity contribution in [3.05, 3.63) is 96.1 Å². The Balaban J connectivity index is 1.40. The zero-order chi connectivity index (χ0) is 24.0. The van der Waals surface area contributed by atoms with Crippen molar-refractivity contribution in [2.45, 2.75) is 57.9 Å². The molecule has 0 spiro atoms. The maximum atomic E-state index is 7.30. The fourth-order valence-corrected chi connectivity index (χ4v) is 12.1. The van der Waals surface area contributed by atoms with Crippen LogP contribution in [0.5, 0.6) is 5.75 Å². The topological polar surface area (TPSA) is 9.23 Å². The molecule has 0 N–H and O–H groups in total. The van der Waals surface area contributed by atoms with Gasteiger partial charge >= 0.3 is 8.32 Å². The van der Waals surface area contributed by atoms with E-state index in [0.717, 1.165) is 29.4 Å². The quantitative estimate of drug-likeness (QED) is 0.346. The van der Waals surface area contributed by atoms with Gasteiger partial charge in [-0.3, -0.25) is 0 Å². The summed E-state index contributed by atoms with van der Waals surface area (Å²) in [6.45, 7) is 7.04. The van der Waals surface area contributed by atoms with E-state index in [2.05, 4.69) is 112 Å². The molecular weight excluding hydrogens is 440 g/mol. The van der Waals surface area contributed by atoms with E-state index in [-0.39, 0.29) is 5.04 Å². The first-order chi connectivity index (χ1) is 16.9. The van der Waals surface area contributed by atoms with Gasteiger partial charge in [0.1, 0.15) is 5.75 Å². The summed E-state index contributed by atoms with van der Waals surface area (Å²) in [5.41, 5.74) is 3.04. The van der Waals surface area contributed by atoms with Crippen molar-refractivity contribution in [2.24, 2.45) is 23.7 Å². The molecule has 180 valence electrons. The van der Waals surface area contributed by atoms with Gasteiger partial charge in [0.05, 0.1) is 0 Å². The molecule has 0 saturated heterocycles. The van der Waals surface area contributed by atoms with E-state index in [0.29, 0.717) is 0 Å². The van der Waals surface area contributed by atoms with Crippen molar-refractivity contribution in [3.63, 3.8) is 0 Å². The molecule has 2 heteroatoms. The van der Waals surface area contributed by atoms with Gasteiger partial charge in [-0.1, -0.05) is 105 Å². The molecule has 3 aromatic rings. The minimum Gasteiger partial charge on any atom is -0.534 e. The van der Waals surface area contributed by atoms with Crippen molar-refractivity contribution in [2.75, 3.05) is 0 Å². The summed E-state index contributed by atoms with van der Waals surface area (Å²) in [7, 11) is -2.61.